The van der Waals surface area contributed by atoms with E-state index in [-0.39, 0.29) is 17.3 Å². The molecule has 1 aliphatic heterocycles. The molecule has 1 saturated heterocycles. The minimum absolute atomic E-state index is 0.128. The highest BCUT2D eigenvalue weighted by atomic mass is 16.5. The molecule has 1 aromatic heterocycles. The van der Waals surface area contributed by atoms with Crippen LogP contribution < -0.4 is 5.32 Å². The number of pyridine rings is 1. The topological polar surface area (TPSA) is 80.8 Å². The number of carbonyl (C=O) groups excluding carboxylic acids is 2. The Morgan fingerprint density at radius 1 is 1.32 bits per heavy atom. The predicted octanol–water partition coefficient (Wildman–Crippen LogP) is 0.320. The number of esters is 1. The van der Waals surface area contributed by atoms with Crippen LogP contribution in [0.25, 0.3) is 0 Å². The first kappa shape index (κ1) is 16.4. The van der Waals surface area contributed by atoms with Crippen molar-refractivity contribution in [3.05, 3.63) is 29.6 Å². The van der Waals surface area contributed by atoms with Gasteiger partial charge in [-0.2, -0.15) is 0 Å². The quantitative estimate of drug-likeness (QED) is 0.602. The maximum Gasteiger partial charge on any atom is 0.356 e. The van der Waals surface area contributed by atoms with Gasteiger partial charge in [0.1, 0.15) is 11.4 Å². The Morgan fingerprint density at radius 3 is 2.77 bits per heavy atom. The van der Waals surface area contributed by atoms with Crippen molar-refractivity contribution < 1.29 is 19.1 Å². The van der Waals surface area contributed by atoms with E-state index in [4.69, 9.17) is 4.74 Å². The van der Waals surface area contributed by atoms with E-state index in [2.05, 4.69) is 19.9 Å². The molecule has 0 radical (unpaired) electrons. The zero-order valence-corrected chi connectivity index (χ0v) is 12.7. The highest BCUT2D eigenvalue weighted by Crippen LogP contribution is 2.02. The number of morpholine rings is 1. The standard InChI is InChI=1S/C15H21N3O4/c1-21-15(20)13-5-2-4-12(17-13)14(19)16-6-3-7-18-8-10-22-11-9-18/h2,4-5H,3,6-11H2,1H3,(H,16,19). The molecule has 0 saturated carbocycles. The number of hydrogen-bond donors (Lipinski definition) is 1. The molecule has 1 fully saturated rings. The molecule has 0 atom stereocenters. The maximum absolute atomic E-state index is 12.0. The normalized spacial score (nSPS) is 15.3. The summed E-state index contributed by atoms with van der Waals surface area (Å²) in [6.07, 6.45) is 0.864. The van der Waals surface area contributed by atoms with Gasteiger partial charge in [0.2, 0.25) is 0 Å². The molecule has 2 heterocycles. The summed E-state index contributed by atoms with van der Waals surface area (Å²) in [5.74, 6) is -0.838. The van der Waals surface area contributed by atoms with Crippen LogP contribution in [0.5, 0.6) is 0 Å². The summed E-state index contributed by atoms with van der Waals surface area (Å²) in [7, 11) is 1.28. The number of amides is 1. The van der Waals surface area contributed by atoms with Gasteiger partial charge in [-0.05, 0) is 25.1 Å². The van der Waals surface area contributed by atoms with E-state index in [1.54, 1.807) is 12.1 Å². The first-order valence-electron chi connectivity index (χ1n) is 7.34. The molecule has 2 rings (SSSR count). The summed E-state index contributed by atoms with van der Waals surface area (Å²) in [4.78, 5) is 29.7. The molecular formula is C15H21N3O4. The average molecular weight is 307 g/mol. The molecule has 0 aliphatic carbocycles. The van der Waals surface area contributed by atoms with Crippen molar-refractivity contribution in [3.8, 4) is 0 Å². The van der Waals surface area contributed by atoms with Gasteiger partial charge in [0.05, 0.1) is 20.3 Å². The molecule has 0 bridgehead atoms. The van der Waals surface area contributed by atoms with Crippen LogP contribution in [0.4, 0.5) is 0 Å². The van der Waals surface area contributed by atoms with E-state index in [0.717, 1.165) is 39.3 Å². The molecule has 1 amide bonds. The minimum Gasteiger partial charge on any atom is -0.464 e. The lowest BCUT2D eigenvalue weighted by Gasteiger charge is -2.26. The third-order valence-corrected chi connectivity index (χ3v) is 3.42. The number of hydrogen-bond acceptors (Lipinski definition) is 6. The van der Waals surface area contributed by atoms with Crippen molar-refractivity contribution in [2.45, 2.75) is 6.42 Å². The van der Waals surface area contributed by atoms with Crippen molar-refractivity contribution in [3.63, 3.8) is 0 Å². The molecule has 0 unspecified atom stereocenters. The average Bonchev–Trinajstić information content (AvgIpc) is 2.59. The fourth-order valence-corrected chi connectivity index (χ4v) is 2.20. The minimum atomic E-state index is -0.554. The Bertz CT molecular complexity index is 515. The van der Waals surface area contributed by atoms with Gasteiger partial charge in [-0.25, -0.2) is 9.78 Å². The van der Waals surface area contributed by atoms with Crippen molar-refractivity contribution in [2.24, 2.45) is 0 Å². The van der Waals surface area contributed by atoms with Crippen molar-refractivity contribution in [1.82, 2.24) is 15.2 Å². The second-order valence-electron chi connectivity index (χ2n) is 4.96. The van der Waals surface area contributed by atoms with E-state index in [0.29, 0.717) is 6.54 Å². The zero-order valence-electron chi connectivity index (χ0n) is 12.7. The monoisotopic (exact) mass is 307 g/mol. The Balaban J connectivity index is 1.76. The smallest absolute Gasteiger partial charge is 0.356 e. The van der Waals surface area contributed by atoms with Crippen LogP contribution in [-0.4, -0.2) is 68.3 Å². The molecule has 7 heteroatoms. The van der Waals surface area contributed by atoms with Crippen LogP contribution in [0.15, 0.2) is 18.2 Å². The van der Waals surface area contributed by atoms with E-state index < -0.39 is 5.97 Å². The van der Waals surface area contributed by atoms with Crippen molar-refractivity contribution in [1.29, 1.82) is 0 Å². The van der Waals surface area contributed by atoms with Gasteiger partial charge >= 0.3 is 5.97 Å². The molecular weight excluding hydrogens is 286 g/mol. The molecule has 1 N–H and O–H groups in total. The van der Waals surface area contributed by atoms with Gasteiger partial charge in [-0.15, -0.1) is 0 Å². The van der Waals surface area contributed by atoms with Crippen LogP contribution in [0.2, 0.25) is 0 Å². The molecule has 7 nitrogen and oxygen atoms in total. The third kappa shape index (κ3) is 4.78. The van der Waals surface area contributed by atoms with Crippen LogP contribution in [0.3, 0.4) is 0 Å². The predicted molar refractivity (Wildman–Crippen MR) is 79.8 cm³/mol. The number of methoxy groups -OCH3 is 1. The number of carbonyl (C=O) groups is 2. The van der Waals surface area contributed by atoms with E-state index >= 15 is 0 Å². The lowest BCUT2D eigenvalue weighted by Crippen LogP contribution is -2.38. The Morgan fingerprint density at radius 2 is 2.05 bits per heavy atom. The van der Waals surface area contributed by atoms with Crippen molar-refractivity contribution in [2.75, 3.05) is 46.5 Å². The molecule has 1 aromatic rings. The van der Waals surface area contributed by atoms with Crippen LogP contribution >= 0.6 is 0 Å². The summed E-state index contributed by atoms with van der Waals surface area (Å²) in [5, 5.41) is 2.81. The summed E-state index contributed by atoms with van der Waals surface area (Å²) < 4.78 is 9.87. The molecule has 22 heavy (non-hydrogen) atoms. The van der Waals surface area contributed by atoms with Gasteiger partial charge in [0.25, 0.3) is 5.91 Å². The van der Waals surface area contributed by atoms with Crippen LogP contribution in [0, 0.1) is 0 Å². The summed E-state index contributed by atoms with van der Waals surface area (Å²) in [6, 6.07) is 4.70. The number of nitrogens with one attached hydrogen (secondary N) is 1. The second-order valence-corrected chi connectivity index (χ2v) is 4.96. The lowest BCUT2D eigenvalue weighted by molar-refractivity contribution is 0.0374. The van der Waals surface area contributed by atoms with Gasteiger partial charge in [0.15, 0.2) is 0 Å². The summed E-state index contributed by atoms with van der Waals surface area (Å²) >= 11 is 0. The van der Waals surface area contributed by atoms with Crippen LogP contribution in [-0.2, 0) is 9.47 Å². The Kier molecular flexibility index (Phi) is 6.29. The van der Waals surface area contributed by atoms with Gasteiger partial charge in [0, 0.05) is 19.6 Å². The highest BCUT2D eigenvalue weighted by molar-refractivity contribution is 5.94. The molecule has 1 aliphatic rings. The van der Waals surface area contributed by atoms with E-state index in [9.17, 15) is 9.59 Å². The van der Waals surface area contributed by atoms with Crippen LogP contribution in [0.1, 0.15) is 27.4 Å². The van der Waals surface area contributed by atoms with Crippen molar-refractivity contribution >= 4 is 11.9 Å². The zero-order chi connectivity index (χ0) is 15.8. The Hall–Kier alpha value is -1.99. The fraction of sp³-hybridized carbons (Fsp3) is 0.533. The number of aromatic nitrogens is 1. The highest BCUT2D eigenvalue weighted by Gasteiger charge is 2.13. The number of ether oxygens (including phenoxy) is 2. The van der Waals surface area contributed by atoms with E-state index in [1.807, 2.05) is 0 Å². The molecule has 0 spiro atoms. The first-order valence-corrected chi connectivity index (χ1v) is 7.34. The van der Waals surface area contributed by atoms with Gasteiger partial charge in [-0.1, -0.05) is 6.07 Å². The summed E-state index contributed by atoms with van der Waals surface area (Å²) in [6.45, 7) is 4.93. The largest absolute Gasteiger partial charge is 0.464 e. The number of rotatable bonds is 6. The summed E-state index contributed by atoms with van der Waals surface area (Å²) in [5.41, 5.74) is 0.345. The number of nitrogens with zero attached hydrogens (tertiary/aromatic N) is 2. The van der Waals surface area contributed by atoms with E-state index in [1.165, 1.54) is 13.2 Å². The molecule has 120 valence electrons. The SMILES string of the molecule is COC(=O)c1cccc(C(=O)NCCCN2CCOCC2)n1. The fourth-order valence-electron chi connectivity index (χ4n) is 2.20. The maximum atomic E-state index is 12.0. The molecule has 0 aromatic carbocycles. The second kappa shape index (κ2) is 8.45. The lowest BCUT2D eigenvalue weighted by atomic mass is 10.3. The van der Waals surface area contributed by atoms with Gasteiger partial charge < -0.3 is 14.8 Å². The van der Waals surface area contributed by atoms with Gasteiger partial charge in [-0.3, -0.25) is 9.69 Å². The first-order chi connectivity index (χ1) is 10.7. The third-order valence-electron chi connectivity index (χ3n) is 3.42. The Labute approximate surface area is 129 Å².